The van der Waals surface area contributed by atoms with E-state index >= 15 is 0 Å². The zero-order chi connectivity index (χ0) is 15.4. The molecule has 0 aliphatic carbocycles. The lowest BCUT2D eigenvalue weighted by molar-refractivity contribution is -0.138. The lowest BCUT2D eigenvalue weighted by Crippen LogP contribution is -2.29. The second-order valence-electron chi connectivity index (χ2n) is 4.91. The highest BCUT2D eigenvalue weighted by Gasteiger charge is 2.21. The summed E-state index contributed by atoms with van der Waals surface area (Å²) in [5.74, 6) is -1.04. The molecule has 0 amide bonds. The fraction of sp³-hybridized carbons (Fsp3) is 0.267. The minimum atomic E-state index is -1.07. The van der Waals surface area contributed by atoms with Gasteiger partial charge in [0, 0.05) is 18.4 Å². The third kappa shape index (κ3) is 3.28. The van der Waals surface area contributed by atoms with Gasteiger partial charge in [-0.05, 0) is 19.4 Å². The number of aromatic nitrogens is 2. The number of hydrogen-bond donors (Lipinski definition) is 2. The Morgan fingerprint density at radius 2 is 1.95 bits per heavy atom. The van der Waals surface area contributed by atoms with Crippen molar-refractivity contribution < 1.29 is 9.90 Å². The number of rotatable bonds is 5. The van der Waals surface area contributed by atoms with Crippen molar-refractivity contribution in [3.63, 3.8) is 0 Å². The number of anilines is 1. The maximum atomic E-state index is 12.2. The van der Waals surface area contributed by atoms with Crippen molar-refractivity contribution in [3.05, 3.63) is 58.6 Å². The van der Waals surface area contributed by atoms with Gasteiger partial charge in [-0.15, -0.1) is 0 Å². The van der Waals surface area contributed by atoms with Gasteiger partial charge < -0.3 is 15.0 Å². The summed E-state index contributed by atoms with van der Waals surface area (Å²) in [6, 6.07) is 7.63. The molecule has 1 aromatic carbocycles. The quantitative estimate of drug-likeness (QED) is 0.879. The number of nitrogens with one attached hydrogen (secondary N) is 1. The first-order chi connectivity index (χ1) is 10.0. The van der Waals surface area contributed by atoms with E-state index in [9.17, 15) is 14.7 Å². The molecule has 6 nitrogen and oxygen atoms in total. The van der Waals surface area contributed by atoms with Gasteiger partial charge in [0.2, 0.25) is 0 Å². The van der Waals surface area contributed by atoms with Crippen molar-refractivity contribution in [2.75, 3.05) is 5.32 Å². The lowest BCUT2D eigenvalue weighted by Gasteiger charge is -2.16. The summed E-state index contributed by atoms with van der Waals surface area (Å²) >= 11 is 0. The van der Waals surface area contributed by atoms with E-state index in [0.29, 0.717) is 5.56 Å². The molecule has 0 aliphatic rings. The maximum Gasteiger partial charge on any atom is 0.330 e. The molecular weight excluding hydrogens is 270 g/mol. The Kier molecular flexibility index (Phi) is 4.37. The second kappa shape index (κ2) is 6.21. The van der Waals surface area contributed by atoms with Gasteiger partial charge in [-0.3, -0.25) is 4.79 Å². The number of carboxylic acids is 1. The minimum Gasteiger partial charge on any atom is -0.479 e. The van der Waals surface area contributed by atoms with E-state index in [-0.39, 0.29) is 17.4 Å². The topological polar surface area (TPSA) is 84.2 Å². The van der Waals surface area contributed by atoms with Crippen LogP contribution in [-0.4, -0.2) is 20.6 Å². The average molecular weight is 287 g/mol. The molecule has 2 rings (SSSR count). The van der Waals surface area contributed by atoms with Crippen LogP contribution in [0.15, 0.2) is 47.5 Å². The van der Waals surface area contributed by atoms with Crippen LogP contribution in [0.4, 0.5) is 5.82 Å². The fourth-order valence-corrected chi connectivity index (χ4v) is 2.00. The number of carboxylic acid groups (broad SMARTS) is 1. The summed E-state index contributed by atoms with van der Waals surface area (Å²) < 4.78 is 1.50. The Labute approximate surface area is 122 Å². The molecule has 0 bridgehead atoms. The molecule has 6 heteroatoms. The molecule has 0 saturated carbocycles. The first kappa shape index (κ1) is 14.8. The zero-order valence-electron chi connectivity index (χ0n) is 11.9. The van der Waals surface area contributed by atoms with Gasteiger partial charge in [0.25, 0.3) is 5.56 Å². The molecule has 0 spiro atoms. The van der Waals surface area contributed by atoms with E-state index in [0.717, 1.165) is 0 Å². The molecule has 110 valence electrons. The van der Waals surface area contributed by atoms with Crippen molar-refractivity contribution >= 4 is 11.8 Å². The van der Waals surface area contributed by atoms with Crippen LogP contribution in [-0.2, 0) is 4.79 Å². The van der Waals surface area contributed by atoms with E-state index in [1.807, 2.05) is 13.8 Å². The zero-order valence-corrected chi connectivity index (χ0v) is 11.9. The van der Waals surface area contributed by atoms with Crippen LogP contribution < -0.4 is 10.9 Å². The van der Waals surface area contributed by atoms with E-state index < -0.39 is 12.0 Å². The van der Waals surface area contributed by atoms with Crippen LogP contribution in [0.1, 0.15) is 31.5 Å². The largest absolute Gasteiger partial charge is 0.479 e. The molecule has 0 radical (unpaired) electrons. The molecule has 21 heavy (non-hydrogen) atoms. The molecule has 1 heterocycles. The summed E-state index contributed by atoms with van der Waals surface area (Å²) in [4.78, 5) is 27.6. The number of hydrogen-bond acceptors (Lipinski definition) is 4. The normalized spacial score (nSPS) is 12.1. The highest BCUT2D eigenvalue weighted by Crippen LogP contribution is 2.16. The van der Waals surface area contributed by atoms with E-state index in [1.165, 1.54) is 10.8 Å². The van der Waals surface area contributed by atoms with Crippen LogP contribution in [0, 0.1) is 0 Å². The SMILES string of the molecule is CC(C)n1ccnc(NC(C(=O)O)c2ccccc2)c1=O. The third-order valence-electron chi connectivity index (χ3n) is 3.09. The van der Waals surface area contributed by atoms with Gasteiger partial charge in [0.15, 0.2) is 11.9 Å². The summed E-state index contributed by atoms with van der Waals surface area (Å²) in [6.45, 7) is 3.74. The number of benzene rings is 1. The van der Waals surface area contributed by atoms with Crippen LogP contribution >= 0.6 is 0 Å². The Morgan fingerprint density at radius 3 is 2.52 bits per heavy atom. The number of nitrogens with zero attached hydrogens (tertiary/aromatic N) is 2. The Morgan fingerprint density at radius 1 is 1.29 bits per heavy atom. The van der Waals surface area contributed by atoms with Crippen molar-refractivity contribution in [1.82, 2.24) is 9.55 Å². The predicted octanol–water partition coefficient (Wildman–Crippen LogP) is 2.06. The smallest absolute Gasteiger partial charge is 0.330 e. The third-order valence-corrected chi connectivity index (χ3v) is 3.09. The van der Waals surface area contributed by atoms with Gasteiger partial charge >= 0.3 is 5.97 Å². The second-order valence-corrected chi connectivity index (χ2v) is 4.91. The van der Waals surface area contributed by atoms with Crippen molar-refractivity contribution in [1.29, 1.82) is 0 Å². The van der Waals surface area contributed by atoms with Crippen LogP contribution in [0.25, 0.3) is 0 Å². The molecule has 2 N–H and O–H groups in total. The fourth-order valence-electron chi connectivity index (χ4n) is 2.00. The summed E-state index contributed by atoms with van der Waals surface area (Å²) in [6.07, 6.45) is 3.06. The van der Waals surface area contributed by atoms with Gasteiger partial charge in [0.05, 0.1) is 0 Å². The molecule has 0 saturated heterocycles. The first-order valence-electron chi connectivity index (χ1n) is 6.62. The van der Waals surface area contributed by atoms with Crippen molar-refractivity contribution in [2.45, 2.75) is 25.9 Å². The minimum absolute atomic E-state index is 0.0268. The number of carbonyl (C=O) groups is 1. The van der Waals surface area contributed by atoms with Crippen molar-refractivity contribution in [2.24, 2.45) is 0 Å². The molecule has 2 aromatic rings. The maximum absolute atomic E-state index is 12.2. The lowest BCUT2D eigenvalue weighted by atomic mass is 10.1. The standard InChI is InChI=1S/C15H17N3O3/c1-10(2)18-9-8-16-13(14(18)19)17-12(15(20)21)11-6-4-3-5-7-11/h3-10,12H,1-2H3,(H,16,17)(H,20,21). The van der Waals surface area contributed by atoms with Crippen molar-refractivity contribution in [3.8, 4) is 0 Å². The van der Waals surface area contributed by atoms with E-state index in [2.05, 4.69) is 10.3 Å². The Bertz CT molecular complexity index is 680. The molecule has 1 atom stereocenters. The number of aliphatic carboxylic acids is 1. The summed E-state index contributed by atoms with van der Waals surface area (Å²) in [5.41, 5.74) is 0.223. The highest BCUT2D eigenvalue weighted by atomic mass is 16.4. The van der Waals surface area contributed by atoms with Crippen LogP contribution in [0.2, 0.25) is 0 Å². The summed E-state index contributed by atoms with van der Waals surface area (Å²) in [7, 11) is 0. The Balaban J connectivity index is 2.37. The average Bonchev–Trinajstić information content (AvgIpc) is 2.46. The van der Waals surface area contributed by atoms with Gasteiger partial charge in [0.1, 0.15) is 0 Å². The first-order valence-corrected chi connectivity index (χ1v) is 6.62. The summed E-state index contributed by atoms with van der Waals surface area (Å²) in [5, 5.41) is 12.1. The molecular formula is C15H17N3O3. The predicted molar refractivity (Wildman–Crippen MR) is 79.3 cm³/mol. The van der Waals surface area contributed by atoms with E-state index in [4.69, 9.17) is 0 Å². The molecule has 0 aliphatic heterocycles. The van der Waals surface area contributed by atoms with Gasteiger partial charge in [-0.1, -0.05) is 30.3 Å². The monoisotopic (exact) mass is 287 g/mol. The molecule has 1 unspecified atom stereocenters. The van der Waals surface area contributed by atoms with E-state index in [1.54, 1.807) is 36.5 Å². The highest BCUT2D eigenvalue weighted by molar-refractivity contribution is 5.78. The van der Waals surface area contributed by atoms with Gasteiger partial charge in [-0.2, -0.15) is 0 Å². The Hall–Kier alpha value is -2.63. The van der Waals surface area contributed by atoms with Gasteiger partial charge in [-0.25, -0.2) is 9.78 Å². The van der Waals surface area contributed by atoms with Crippen LogP contribution in [0.3, 0.4) is 0 Å². The van der Waals surface area contributed by atoms with Crippen LogP contribution in [0.5, 0.6) is 0 Å². The molecule has 0 fully saturated rings. The molecule has 1 aromatic heterocycles.